The van der Waals surface area contributed by atoms with E-state index in [0.717, 1.165) is 63.3 Å². The highest BCUT2D eigenvalue weighted by Gasteiger charge is 2.17. The van der Waals surface area contributed by atoms with E-state index in [9.17, 15) is 0 Å². The Morgan fingerprint density at radius 2 is 1.76 bits per heavy atom. The molecule has 0 bridgehead atoms. The fourth-order valence-corrected chi connectivity index (χ4v) is 3.52. The van der Waals surface area contributed by atoms with E-state index in [1.807, 2.05) is 0 Å². The topological polar surface area (TPSA) is 44.7 Å². The van der Waals surface area contributed by atoms with Crippen molar-refractivity contribution in [2.24, 2.45) is 0 Å². The number of rotatable bonds is 6. The third kappa shape index (κ3) is 5.28. The van der Waals surface area contributed by atoms with Crippen LogP contribution in [0.2, 0.25) is 0 Å². The summed E-state index contributed by atoms with van der Waals surface area (Å²) in [6.07, 6.45) is 6.41. The molecule has 0 unspecified atom stereocenters. The number of nitrogens with zero attached hydrogens (tertiary/aromatic N) is 5. The van der Waals surface area contributed by atoms with Crippen LogP contribution >= 0.6 is 0 Å². The number of likely N-dealkylation sites (tertiary alicyclic amines) is 1. The molecule has 0 radical (unpaired) electrons. The van der Waals surface area contributed by atoms with Gasteiger partial charge in [0.05, 0.1) is 13.2 Å². The number of hydrogen-bond donors (Lipinski definition) is 0. The lowest BCUT2D eigenvalue weighted by Gasteiger charge is -2.29. The number of aryl methyl sites for hydroxylation is 1. The van der Waals surface area contributed by atoms with Crippen LogP contribution < -0.4 is 9.80 Å². The van der Waals surface area contributed by atoms with Crippen molar-refractivity contribution < 1.29 is 4.74 Å². The molecule has 0 aliphatic carbocycles. The average molecular weight is 348 g/mol. The van der Waals surface area contributed by atoms with Crippen LogP contribution in [0.3, 0.4) is 0 Å². The quantitative estimate of drug-likeness (QED) is 0.786. The first kappa shape index (κ1) is 18.4. The largest absolute Gasteiger partial charge is 0.378 e. The lowest BCUT2D eigenvalue weighted by Crippen LogP contribution is -2.38. The van der Waals surface area contributed by atoms with Gasteiger partial charge in [0.1, 0.15) is 5.82 Å². The molecular formula is C19H33N5O. The summed E-state index contributed by atoms with van der Waals surface area (Å²) in [6, 6.07) is 2.15. The Morgan fingerprint density at radius 3 is 2.44 bits per heavy atom. The van der Waals surface area contributed by atoms with Gasteiger partial charge in [-0.15, -0.1) is 0 Å². The normalized spacial score (nSPS) is 19.7. The smallest absolute Gasteiger partial charge is 0.227 e. The highest BCUT2D eigenvalue weighted by atomic mass is 16.5. The summed E-state index contributed by atoms with van der Waals surface area (Å²) in [6.45, 7) is 10.1. The predicted octanol–water partition coefficient (Wildman–Crippen LogP) is 2.19. The Bertz CT molecular complexity index is 525. The summed E-state index contributed by atoms with van der Waals surface area (Å²) in [7, 11) is 2.16. The van der Waals surface area contributed by atoms with E-state index in [4.69, 9.17) is 14.7 Å². The van der Waals surface area contributed by atoms with Gasteiger partial charge in [0.25, 0.3) is 0 Å². The van der Waals surface area contributed by atoms with Crippen molar-refractivity contribution >= 4 is 11.8 Å². The second-order valence-electron chi connectivity index (χ2n) is 7.15. The van der Waals surface area contributed by atoms with Crippen molar-refractivity contribution in [3.63, 3.8) is 0 Å². The van der Waals surface area contributed by atoms with Gasteiger partial charge in [0.2, 0.25) is 5.95 Å². The molecule has 2 aliphatic rings. The van der Waals surface area contributed by atoms with Crippen molar-refractivity contribution in [2.45, 2.75) is 39.0 Å². The van der Waals surface area contributed by atoms with Crippen LogP contribution in [0.5, 0.6) is 0 Å². The molecule has 1 aromatic rings. The molecule has 6 nitrogen and oxygen atoms in total. The van der Waals surface area contributed by atoms with Crippen molar-refractivity contribution in [3.05, 3.63) is 11.8 Å². The van der Waals surface area contributed by atoms with E-state index in [2.05, 4.69) is 34.7 Å². The van der Waals surface area contributed by atoms with Gasteiger partial charge < -0.3 is 19.4 Å². The minimum atomic E-state index is 0.764. The Labute approximate surface area is 152 Å². The van der Waals surface area contributed by atoms with Crippen LogP contribution in [0.4, 0.5) is 11.8 Å². The number of likely N-dealkylation sites (N-methyl/N-ethyl adjacent to an activating group) is 1. The van der Waals surface area contributed by atoms with Crippen molar-refractivity contribution in [1.29, 1.82) is 0 Å². The van der Waals surface area contributed by atoms with Crippen molar-refractivity contribution in [3.8, 4) is 0 Å². The van der Waals surface area contributed by atoms with Gasteiger partial charge in [-0.1, -0.05) is 19.8 Å². The maximum Gasteiger partial charge on any atom is 0.227 e. The van der Waals surface area contributed by atoms with E-state index >= 15 is 0 Å². The zero-order valence-electron chi connectivity index (χ0n) is 15.9. The molecule has 0 N–H and O–H groups in total. The Kier molecular flexibility index (Phi) is 6.87. The molecule has 2 fully saturated rings. The zero-order chi connectivity index (χ0) is 17.5. The molecule has 2 aliphatic heterocycles. The summed E-state index contributed by atoms with van der Waals surface area (Å²) in [5, 5.41) is 0. The summed E-state index contributed by atoms with van der Waals surface area (Å²) in [4.78, 5) is 16.7. The summed E-state index contributed by atoms with van der Waals surface area (Å²) >= 11 is 0. The first-order valence-corrected chi connectivity index (χ1v) is 9.90. The first-order chi connectivity index (χ1) is 12.3. The third-order valence-corrected chi connectivity index (χ3v) is 5.25. The van der Waals surface area contributed by atoms with Gasteiger partial charge >= 0.3 is 0 Å². The Hall–Kier alpha value is -1.40. The Balaban J connectivity index is 1.64. The molecule has 2 saturated heterocycles. The number of ether oxygens (including phenoxy) is 1. The molecule has 0 amide bonds. The number of hydrogen-bond acceptors (Lipinski definition) is 6. The fourth-order valence-electron chi connectivity index (χ4n) is 3.52. The van der Waals surface area contributed by atoms with Gasteiger partial charge in [0.15, 0.2) is 0 Å². The summed E-state index contributed by atoms with van der Waals surface area (Å²) in [5.74, 6) is 1.91. The van der Waals surface area contributed by atoms with Crippen LogP contribution in [-0.2, 0) is 11.2 Å². The van der Waals surface area contributed by atoms with E-state index in [1.165, 1.54) is 38.8 Å². The van der Waals surface area contributed by atoms with Crippen LogP contribution in [0, 0.1) is 0 Å². The van der Waals surface area contributed by atoms with E-state index in [1.54, 1.807) is 0 Å². The maximum atomic E-state index is 5.46. The molecule has 0 aromatic carbocycles. The average Bonchev–Trinajstić information content (AvgIpc) is 2.95. The summed E-state index contributed by atoms with van der Waals surface area (Å²) in [5.41, 5.74) is 1.12. The van der Waals surface area contributed by atoms with Crippen LogP contribution in [-0.4, -0.2) is 74.4 Å². The fraction of sp³-hybridized carbons (Fsp3) is 0.789. The predicted molar refractivity (Wildman–Crippen MR) is 103 cm³/mol. The van der Waals surface area contributed by atoms with Gasteiger partial charge in [-0.25, -0.2) is 4.98 Å². The number of anilines is 2. The zero-order valence-corrected chi connectivity index (χ0v) is 15.9. The molecular weight excluding hydrogens is 314 g/mol. The number of morpholine rings is 1. The van der Waals surface area contributed by atoms with Gasteiger partial charge in [-0.05, 0) is 32.4 Å². The SMILES string of the molecule is CCc1cc(N(C)CCN2CCCCCC2)nc(N2CCOCC2)n1. The highest BCUT2D eigenvalue weighted by Crippen LogP contribution is 2.18. The summed E-state index contributed by atoms with van der Waals surface area (Å²) < 4.78 is 5.46. The van der Waals surface area contributed by atoms with Gasteiger partial charge in [0, 0.05) is 45.0 Å². The maximum absolute atomic E-state index is 5.46. The first-order valence-electron chi connectivity index (χ1n) is 9.90. The van der Waals surface area contributed by atoms with E-state index in [-0.39, 0.29) is 0 Å². The molecule has 1 aromatic heterocycles. The number of aromatic nitrogens is 2. The monoisotopic (exact) mass is 347 g/mol. The second-order valence-corrected chi connectivity index (χ2v) is 7.15. The van der Waals surface area contributed by atoms with E-state index in [0.29, 0.717) is 0 Å². The molecule has 0 atom stereocenters. The van der Waals surface area contributed by atoms with Crippen LogP contribution in [0.15, 0.2) is 6.07 Å². The van der Waals surface area contributed by atoms with Gasteiger partial charge in [-0.2, -0.15) is 4.98 Å². The second kappa shape index (κ2) is 9.34. The van der Waals surface area contributed by atoms with Gasteiger partial charge in [-0.3, -0.25) is 0 Å². The molecule has 3 rings (SSSR count). The van der Waals surface area contributed by atoms with Crippen molar-refractivity contribution in [2.75, 3.05) is 69.3 Å². The third-order valence-electron chi connectivity index (χ3n) is 5.25. The van der Waals surface area contributed by atoms with Crippen LogP contribution in [0.1, 0.15) is 38.3 Å². The minimum absolute atomic E-state index is 0.764. The molecule has 3 heterocycles. The molecule has 0 spiro atoms. The standard InChI is InChI=1S/C19H33N5O/c1-3-17-16-18(21-19(20-17)24-12-14-25-15-13-24)22(2)10-11-23-8-6-4-5-7-9-23/h16H,3-15H2,1-2H3. The Morgan fingerprint density at radius 1 is 1.04 bits per heavy atom. The van der Waals surface area contributed by atoms with Crippen molar-refractivity contribution in [1.82, 2.24) is 14.9 Å². The molecule has 140 valence electrons. The molecule has 6 heteroatoms. The highest BCUT2D eigenvalue weighted by molar-refractivity contribution is 5.45. The molecule has 25 heavy (non-hydrogen) atoms. The lowest BCUT2D eigenvalue weighted by atomic mass is 10.2. The van der Waals surface area contributed by atoms with Crippen LogP contribution in [0.25, 0.3) is 0 Å². The minimum Gasteiger partial charge on any atom is -0.378 e. The lowest BCUT2D eigenvalue weighted by molar-refractivity contribution is 0.122. The van der Waals surface area contributed by atoms with E-state index < -0.39 is 0 Å². The molecule has 0 saturated carbocycles.